The molecule has 0 unspecified atom stereocenters. The second kappa shape index (κ2) is 6.40. The van der Waals surface area contributed by atoms with E-state index in [9.17, 15) is 0 Å². The lowest BCUT2D eigenvalue weighted by atomic mass is 10.1. The summed E-state index contributed by atoms with van der Waals surface area (Å²) in [6.07, 6.45) is 3.45. The molecule has 4 rings (SSSR count). The zero-order chi connectivity index (χ0) is 17.4. The molecule has 1 aliphatic rings. The molecule has 1 aromatic heterocycles. The van der Waals surface area contributed by atoms with Crippen LogP contribution in [-0.2, 0) is 13.6 Å². The molecule has 1 aliphatic heterocycles. The van der Waals surface area contributed by atoms with Gasteiger partial charge in [0.2, 0.25) is 0 Å². The molecule has 0 bridgehead atoms. The number of aromatic nitrogens is 2. The number of benzene rings is 2. The van der Waals surface area contributed by atoms with Gasteiger partial charge in [-0.05, 0) is 49.8 Å². The van der Waals surface area contributed by atoms with Crippen molar-refractivity contribution in [2.75, 3.05) is 18.0 Å². The van der Waals surface area contributed by atoms with Gasteiger partial charge in [-0.3, -0.25) is 0 Å². The zero-order valence-electron chi connectivity index (χ0n) is 15.4. The zero-order valence-corrected chi connectivity index (χ0v) is 15.4. The summed E-state index contributed by atoms with van der Waals surface area (Å²) in [4.78, 5) is 2.38. The molecule has 0 amide bonds. The van der Waals surface area contributed by atoms with Crippen LogP contribution in [0.5, 0.6) is 0 Å². The molecular weight excluding hydrogens is 306 g/mol. The van der Waals surface area contributed by atoms with Crippen molar-refractivity contribution in [2.45, 2.75) is 26.8 Å². The third kappa shape index (κ3) is 2.64. The summed E-state index contributed by atoms with van der Waals surface area (Å²) in [6.45, 7) is 7.58. The quantitative estimate of drug-likeness (QED) is 0.650. The fraction of sp³-hybridized carbons (Fsp3) is 0.318. The van der Waals surface area contributed by atoms with E-state index in [4.69, 9.17) is 0 Å². The minimum Gasteiger partial charge on any atom is -0.372 e. The molecule has 128 valence electrons. The van der Waals surface area contributed by atoms with E-state index in [2.05, 4.69) is 89.5 Å². The van der Waals surface area contributed by atoms with Crippen molar-refractivity contribution >= 4 is 28.4 Å². The molecule has 0 spiro atoms. The molecule has 0 atom stereocenters. The summed E-state index contributed by atoms with van der Waals surface area (Å²) >= 11 is 0. The van der Waals surface area contributed by atoms with Gasteiger partial charge in [-0.15, -0.1) is 0 Å². The van der Waals surface area contributed by atoms with Crippen molar-refractivity contribution in [2.24, 2.45) is 7.05 Å². The Balaban J connectivity index is 1.71. The van der Waals surface area contributed by atoms with Gasteiger partial charge in [-0.25, -0.2) is 9.13 Å². The van der Waals surface area contributed by atoms with Crippen LogP contribution < -0.4 is 9.47 Å². The second-order valence-electron chi connectivity index (χ2n) is 6.71. The summed E-state index contributed by atoms with van der Waals surface area (Å²) in [5.41, 5.74) is 6.65. The summed E-state index contributed by atoms with van der Waals surface area (Å²) in [5.74, 6) is 1.34. The van der Waals surface area contributed by atoms with Gasteiger partial charge in [-0.1, -0.05) is 24.3 Å². The van der Waals surface area contributed by atoms with Gasteiger partial charge in [0.05, 0.1) is 13.6 Å². The maximum Gasteiger partial charge on any atom is 0.285 e. The van der Waals surface area contributed by atoms with Crippen LogP contribution in [0.4, 0.5) is 5.69 Å². The smallest absolute Gasteiger partial charge is 0.285 e. The molecule has 3 heteroatoms. The number of anilines is 1. The topological polar surface area (TPSA) is 12.1 Å². The summed E-state index contributed by atoms with van der Waals surface area (Å²) in [7, 11) is 2.18. The van der Waals surface area contributed by atoms with E-state index in [-0.39, 0.29) is 0 Å². The highest BCUT2D eigenvalue weighted by Gasteiger charge is 2.30. The van der Waals surface area contributed by atoms with Crippen LogP contribution in [0.3, 0.4) is 0 Å². The van der Waals surface area contributed by atoms with Gasteiger partial charge >= 0.3 is 0 Å². The molecule has 0 aliphatic carbocycles. The molecule has 0 N–H and O–H groups in total. The van der Waals surface area contributed by atoms with Crippen molar-refractivity contribution in [3.63, 3.8) is 0 Å². The lowest BCUT2D eigenvalue weighted by Crippen LogP contribution is -2.31. The number of imidazole rings is 1. The van der Waals surface area contributed by atoms with Crippen molar-refractivity contribution in [3.8, 4) is 0 Å². The molecule has 0 saturated heterocycles. The van der Waals surface area contributed by atoms with E-state index in [1.54, 1.807) is 0 Å². The number of para-hydroxylation sites is 2. The van der Waals surface area contributed by atoms with E-state index in [1.807, 2.05) is 0 Å². The first kappa shape index (κ1) is 15.9. The normalized spacial score (nSPS) is 15.1. The van der Waals surface area contributed by atoms with Gasteiger partial charge in [0.15, 0.2) is 11.0 Å². The summed E-state index contributed by atoms with van der Waals surface area (Å²) in [6, 6.07) is 17.6. The lowest BCUT2D eigenvalue weighted by Gasteiger charge is -2.20. The predicted molar refractivity (Wildman–Crippen MR) is 106 cm³/mol. The number of allylic oxidation sites excluding steroid dienone is 1. The van der Waals surface area contributed by atoms with Crippen LogP contribution in [0.2, 0.25) is 0 Å². The summed E-state index contributed by atoms with van der Waals surface area (Å²) < 4.78 is 4.78. The molecule has 25 heavy (non-hydrogen) atoms. The summed E-state index contributed by atoms with van der Waals surface area (Å²) in [5, 5.41) is 0. The first-order valence-electron chi connectivity index (χ1n) is 9.26. The second-order valence-corrected chi connectivity index (χ2v) is 6.71. The molecule has 0 fully saturated rings. The number of rotatable bonds is 4. The molecule has 3 aromatic rings. The van der Waals surface area contributed by atoms with Crippen LogP contribution in [0.1, 0.15) is 31.7 Å². The fourth-order valence-corrected chi connectivity index (χ4v) is 4.05. The standard InChI is InChI=1S/C22H26N3/c1-4-24(5-2)19-12-10-17(11-13-19)16-18-14-15-25-21-9-7-6-8-20(21)23(3)22(18)25/h6-13,16H,4-5,14-15H2,1-3H3/q+1. The Hall–Kier alpha value is -2.55. The van der Waals surface area contributed by atoms with Crippen LogP contribution in [0.25, 0.3) is 22.7 Å². The molecular formula is C22H26N3+. The minimum absolute atomic E-state index is 1.05. The number of nitrogens with zero attached hydrogens (tertiary/aromatic N) is 3. The number of aryl methyl sites for hydroxylation is 2. The van der Waals surface area contributed by atoms with Crippen LogP contribution in [-0.4, -0.2) is 17.7 Å². The SMILES string of the molecule is CCN(CC)c1ccc(/C=C2\CCn3c2[n+](C)c2ccccc23)cc1. The third-order valence-electron chi connectivity index (χ3n) is 5.36. The Morgan fingerprint density at radius 1 is 1.04 bits per heavy atom. The maximum atomic E-state index is 2.45. The largest absolute Gasteiger partial charge is 0.372 e. The number of fused-ring (bicyclic) bond motifs is 3. The molecule has 0 radical (unpaired) electrons. The first-order valence-corrected chi connectivity index (χ1v) is 9.26. The van der Waals surface area contributed by atoms with Crippen molar-refractivity contribution < 1.29 is 4.57 Å². The maximum absolute atomic E-state index is 2.45. The van der Waals surface area contributed by atoms with Crippen LogP contribution in [0, 0.1) is 0 Å². The average Bonchev–Trinajstić information content (AvgIpc) is 3.18. The van der Waals surface area contributed by atoms with Crippen molar-refractivity contribution in [1.82, 2.24) is 4.57 Å². The van der Waals surface area contributed by atoms with E-state index in [1.165, 1.54) is 33.7 Å². The molecule has 0 saturated carbocycles. The number of hydrogen-bond donors (Lipinski definition) is 0. The van der Waals surface area contributed by atoms with E-state index in [0.717, 1.165) is 26.1 Å². The Bertz CT molecular complexity index is 928. The highest BCUT2D eigenvalue weighted by Crippen LogP contribution is 2.31. The molecule has 2 aromatic carbocycles. The first-order chi connectivity index (χ1) is 12.2. The van der Waals surface area contributed by atoms with Gasteiger partial charge < -0.3 is 4.90 Å². The van der Waals surface area contributed by atoms with E-state index < -0.39 is 0 Å². The Morgan fingerprint density at radius 2 is 1.76 bits per heavy atom. The third-order valence-corrected chi connectivity index (χ3v) is 5.36. The van der Waals surface area contributed by atoms with E-state index >= 15 is 0 Å². The van der Waals surface area contributed by atoms with Crippen molar-refractivity contribution in [3.05, 3.63) is 59.9 Å². The molecule has 2 heterocycles. The van der Waals surface area contributed by atoms with Gasteiger partial charge in [0.1, 0.15) is 0 Å². The van der Waals surface area contributed by atoms with Gasteiger partial charge in [0, 0.05) is 30.8 Å². The highest BCUT2D eigenvalue weighted by atomic mass is 15.2. The number of hydrogen-bond acceptors (Lipinski definition) is 1. The van der Waals surface area contributed by atoms with Gasteiger partial charge in [0.25, 0.3) is 5.82 Å². The van der Waals surface area contributed by atoms with Crippen molar-refractivity contribution in [1.29, 1.82) is 0 Å². The van der Waals surface area contributed by atoms with Crippen LogP contribution in [0.15, 0.2) is 48.5 Å². The predicted octanol–water partition coefficient (Wildman–Crippen LogP) is 4.26. The average molecular weight is 332 g/mol. The lowest BCUT2D eigenvalue weighted by molar-refractivity contribution is -0.647. The fourth-order valence-electron chi connectivity index (χ4n) is 4.05. The Labute approximate surface area is 149 Å². The Kier molecular flexibility index (Phi) is 4.08. The Morgan fingerprint density at radius 3 is 2.48 bits per heavy atom. The molecule has 3 nitrogen and oxygen atoms in total. The van der Waals surface area contributed by atoms with Gasteiger partial charge in [-0.2, -0.15) is 0 Å². The van der Waals surface area contributed by atoms with E-state index in [0.29, 0.717) is 0 Å². The highest BCUT2D eigenvalue weighted by molar-refractivity contribution is 5.84. The van der Waals surface area contributed by atoms with Crippen LogP contribution >= 0.6 is 0 Å². The monoisotopic (exact) mass is 332 g/mol. The minimum atomic E-state index is 1.05.